The van der Waals surface area contributed by atoms with Crippen molar-refractivity contribution >= 4 is 23.4 Å². The second kappa shape index (κ2) is 14.6. The number of hydrogen-bond donors (Lipinski definition) is 1. The van der Waals surface area contributed by atoms with E-state index in [9.17, 15) is 27.5 Å². The smallest absolute Gasteiger partial charge is 0.390 e. The van der Waals surface area contributed by atoms with E-state index in [1.165, 1.54) is 24.3 Å². The summed E-state index contributed by atoms with van der Waals surface area (Å²) in [4.78, 5) is 21.1. The number of hydrogen-bond acceptors (Lipinski definition) is 7. The van der Waals surface area contributed by atoms with E-state index in [0.29, 0.717) is 37.4 Å². The molecular formula is C34H42F4N6O2S. The van der Waals surface area contributed by atoms with Crippen molar-refractivity contribution in [3.05, 3.63) is 65.1 Å². The summed E-state index contributed by atoms with van der Waals surface area (Å²) in [5.41, 5.74) is 3.41. The maximum Gasteiger partial charge on any atom is 0.417 e. The number of likely N-dealkylation sites (tertiary alicyclic amines) is 1. The molecule has 8 nitrogen and oxygen atoms in total. The Morgan fingerprint density at radius 2 is 1.68 bits per heavy atom. The van der Waals surface area contributed by atoms with Crippen LogP contribution >= 0.6 is 11.8 Å². The summed E-state index contributed by atoms with van der Waals surface area (Å²) in [6, 6.07) is 10.6. The molecule has 3 aliphatic rings. The number of nitrogens with zero attached hydrogens (tertiary/aromatic N) is 6. The van der Waals surface area contributed by atoms with E-state index in [0.717, 1.165) is 93.3 Å². The Balaban J connectivity index is 1.19. The number of carbonyl (C=O) groups excluding carboxylic acids is 1. The molecule has 3 aromatic rings. The molecule has 1 N–H and O–H groups in total. The number of aliphatic hydroxyl groups is 1. The van der Waals surface area contributed by atoms with Crippen molar-refractivity contribution in [3.8, 4) is 11.3 Å². The minimum absolute atomic E-state index is 0.0221. The zero-order chi connectivity index (χ0) is 33.1. The SMILES string of the molecule is CCN1CCc2c(c(-c3ccc(C(F)(F)F)c(SCC(=O)N4CCCC4)c3)nn2CC(O)CN2CCN(c3ccc(F)cc3)CC2)C1. The fraction of sp³-hybridized carbons (Fsp3) is 0.529. The summed E-state index contributed by atoms with van der Waals surface area (Å²) < 4.78 is 57.4. The number of rotatable bonds is 10. The van der Waals surface area contributed by atoms with Crippen LogP contribution in [-0.2, 0) is 30.5 Å². The van der Waals surface area contributed by atoms with Gasteiger partial charge in [0.15, 0.2) is 0 Å². The second-order valence-electron chi connectivity index (χ2n) is 12.6. The molecule has 47 heavy (non-hydrogen) atoms. The van der Waals surface area contributed by atoms with E-state index in [1.54, 1.807) is 17.0 Å². The largest absolute Gasteiger partial charge is 0.417 e. The second-order valence-corrected chi connectivity index (χ2v) is 13.6. The number of amides is 1. The molecule has 2 saturated heterocycles. The highest BCUT2D eigenvalue weighted by Crippen LogP contribution is 2.40. The predicted molar refractivity (Wildman–Crippen MR) is 175 cm³/mol. The Morgan fingerprint density at radius 1 is 0.957 bits per heavy atom. The number of carbonyl (C=O) groups is 1. The Bertz CT molecular complexity index is 1530. The fourth-order valence-electron chi connectivity index (χ4n) is 6.82. The van der Waals surface area contributed by atoms with Gasteiger partial charge in [0.1, 0.15) is 5.82 Å². The molecule has 4 heterocycles. The van der Waals surface area contributed by atoms with Crippen LogP contribution in [0.1, 0.15) is 36.6 Å². The molecule has 0 saturated carbocycles. The van der Waals surface area contributed by atoms with Gasteiger partial charge < -0.3 is 14.9 Å². The topological polar surface area (TPSA) is 68.1 Å². The van der Waals surface area contributed by atoms with Crippen molar-refractivity contribution in [3.63, 3.8) is 0 Å². The Hall–Kier alpha value is -3.13. The van der Waals surface area contributed by atoms with Crippen LogP contribution < -0.4 is 4.90 Å². The maximum absolute atomic E-state index is 14.1. The molecule has 6 rings (SSSR count). The summed E-state index contributed by atoms with van der Waals surface area (Å²) in [5.74, 6) is -0.450. The van der Waals surface area contributed by atoms with Gasteiger partial charge in [0, 0.05) is 92.7 Å². The Kier molecular flexibility index (Phi) is 10.5. The highest BCUT2D eigenvalue weighted by Gasteiger charge is 2.35. The van der Waals surface area contributed by atoms with Gasteiger partial charge in [-0.2, -0.15) is 18.3 Å². The zero-order valence-electron chi connectivity index (χ0n) is 26.7. The molecule has 0 spiro atoms. The molecule has 1 unspecified atom stereocenters. The number of halogens is 4. The number of benzene rings is 2. The average molecular weight is 675 g/mol. The molecular weight excluding hydrogens is 632 g/mol. The van der Waals surface area contributed by atoms with Gasteiger partial charge in [-0.15, -0.1) is 11.8 Å². The number of piperazine rings is 1. The highest BCUT2D eigenvalue weighted by molar-refractivity contribution is 8.00. The first kappa shape index (κ1) is 33.8. The third kappa shape index (κ3) is 7.96. The molecule has 0 radical (unpaired) electrons. The van der Waals surface area contributed by atoms with Gasteiger partial charge >= 0.3 is 6.18 Å². The monoisotopic (exact) mass is 674 g/mol. The number of likely N-dealkylation sites (N-methyl/N-ethyl adjacent to an activating group) is 1. The summed E-state index contributed by atoms with van der Waals surface area (Å²) in [7, 11) is 0. The lowest BCUT2D eigenvalue weighted by atomic mass is 10.00. The number of alkyl halides is 3. The van der Waals surface area contributed by atoms with Crippen LogP contribution in [0.25, 0.3) is 11.3 Å². The summed E-state index contributed by atoms with van der Waals surface area (Å²) >= 11 is 0.934. The highest BCUT2D eigenvalue weighted by atomic mass is 32.2. The maximum atomic E-state index is 14.1. The van der Waals surface area contributed by atoms with E-state index >= 15 is 0 Å². The molecule has 2 aromatic carbocycles. The molecule has 1 aromatic heterocycles. The number of aliphatic hydroxyl groups excluding tert-OH is 1. The standard InChI is InChI=1S/C34H42F4N6O2S/c1-2-40-14-11-30-28(22-40)33(24-5-10-29(34(36,37)38)31(19-24)47-23-32(46)43-12-3-4-13-43)39-44(30)21-27(45)20-41-15-17-42(18-16-41)26-8-6-25(35)7-9-26/h5-10,19,27,45H,2-4,11-18,20-23H2,1H3. The molecule has 254 valence electrons. The number of thioether (sulfide) groups is 1. The lowest BCUT2D eigenvalue weighted by Crippen LogP contribution is -2.49. The van der Waals surface area contributed by atoms with Gasteiger partial charge in [0.25, 0.3) is 0 Å². The van der Waals surface area contributed by atoms with Crippen molar-refractivity contribution in [2.45, 2.75) is 56.5 Å². The molecule has 1 atom stereocenters. The van der Waals surface area contributed by atoms with Crippen molar-refractivity contribution in [2.24, 2.45) is 0 Å². The van der Waals surface area contributed by atoms with Crippen LogP contribution in [0.2, 0.25) is 0 Å². The van der Waals surface area contributed by atoms with Crippen molar-refractivity contribution < 1.29 is 27.5 Å². The van der Waals surface area contributed by atoms with Crippen LogP contribution in [0.15, 0.2) is 47.4 Å². The van der Waals surface area contributed by atoms with Gasteiger partial charge in [0.05, 0.1) is 29.7 Å². The molecule has 1 amide bonds. The van der Waals surface area contributed by atoms with Gasteiger partial charge in [-0.1, -0.05) is 13.0 Å². The summed E-state index contributed by atoms with van der Waals surface area (Å²) in [5, 5.41) is 16.1. The van der Waals surface area contributed by atoms with E-state index in [4.69, 9.17) is 5.10 Å². The van der Waals surface area contributed by atoms with E-state index in [1.807, 2.05) is 4.68 Å². The lowest BCUT2D eigenvalue weighted by Gasteiger charge is -2.37. The number of aromatic nitrogens is 2. The van der Waals surface area contributed by atoms with E-state index < -0.39 is 17.8 Å². The lowest BCUT2D eigenvalue weighted by molar-refractivity contribution is -0.139. The molecule has 3 aliphatic heterocycles. The Labute approximate surface area is 277 Å². The van der Waals surface area contributed by atoms with Crippen LogP contribution in [0.5, 0.6) is 0 Å². The fourth-order valence-corrected chi connectivity index (χ4v) is 7.83. The third-order valence-electron chi connectivity index (χ3n) is 9.45. The van der Waals surface area contributed by atoms with E-state index in [-0.39, 0.29) is 28.9 Å². The average Bonchev–Trinajstić information content (AvgIpc) is 3.73. The summed E-state index contributed by atoms with van der Waals surface area (Å²) in [6.07, 6.45) is -2.67. The Morgan fingerprint density at radius 3 is 2.36 bits per heavy atom. The minimum atomic E-state index is -4.55. The van der Waals surface area contributed by atoms with Crippen molar-refractivity contribution in [1.29, 1.82) is 0 Å². The molecule has 13 heteroatoms. The minimum Gasteiger partial charge on any atom is -0.390 e. The van der Waals surface area contributed by atoms with Gasteiger partial charge in [0.2, 0.25) is 5.91 Å². The van der Waals surface area contributed by atoms with Gasteiger partial charge in [-0.05, 0) is 55.8 Å². The first-order valence-corrected chi connectivity index (χ1v) is 17.4. The number of fused-ring (bicyclic) bond motifs is 1. The summed E-state index contributed by atoms with van der Waals surface area (Å²) in [6.45, 7) is 9.48. The number of β-amino-alcohol motifs (C(OH)–C–C–N with tert-alkyl or cyclic N) is 1. The van der Waals surface area contributed by atoms with Crippen LogP contribution in [0.4, 0.5) is 23.2 Å². The first-order chi connectivity index (χ1) is 22.6. The van der Waals surface area contributed by atoms with Gasteiger partial charge in [-0.25, -0.2) is 4.39 Å². The first-order valence-electron chi connectivity index (χ1n) is 16.4. The van der Waals surface area contributed by atoms with Crippen LogP contribution in [-0.4, -0.2) is 106 Å². The zero-order valence-corrected chi connectivity index (χ0v) is 27.5. The molecule has 0 bridgehead atoms. The number of anilines is 1. The van der Waals surface area contributed by atoms with Crippen LogP contribution in [0.3, 0.4) is 0 Å². The van der Waals surface area contributed by atoms with Crippen LogP contribution in [0, 0.1) is 5.82 Å². The van der Waals surface area contributed by atoms with Crippen molar-refractivity contribution in [2.75, 3.05) is 69.6 Å². The predicted octanol–water partition coefficient (Wildman–Crippen LogP) is 4.98. The molecule has 2 fully saturated rings. The molecule has 0 aliphatic carbocycles. The third-order valence-corrected chi connectivity index (χ3v) is 10.5. The van der Waals surface area contributed by atoms with E-state index in [2.05, 4.69) is 21.6 Å². The van der Waals surface area contributed by atoms with Gasteiger partial charge in [-0.3, -0.25) is 19.3 Å². The normalized spacial score (nSPS) is 18.5. The quantitative estimate of drug-likeness (QED) is 0.240. The van der Waals surface area contributed by atoms with Crippen molar-refractivity contribution in [1.82, 2.24) is 24.5 Å².